The van der Waals surface area contributed by atoms with Crippen molar-refractivity contribution in [1.29, 1.82) is 0 Å². The molecule has 4 saturated heterocycles. The standard InChI is InChI=1S/C35H49ClN10O6/c1-19(2)29-35(52)46-28(10-7-15-40-46)34(51)45-27(9-6-14-39-45)33(50)43(4)20(3)32(49)44-26(8-5-13-38-44)31(48)41-25(30(47)42-29)16-21-18-37-24-17-22(36)11-12-23(21)24/h11-12,17-20,25-29,37-40H,5-10,13-16H2,1-4H3,(H,41,48)(H,42,47). The molecule has 1 aromatic carbocycles. The second-order valence-corrected chi connectivity index (χ2v) is 14.9. The zero-order valence-electron chi connectivity index (χ0n) is 30.0. The van der Waals surface area contributed by atoms with Crippen LogP contribution in [0.15, 0.2) is 24.4 Å². The van der Waals surface area contributed by atoms with E-state index < -0.39 is 77.6 Å². The van der Waals surface area contributed by atoms with E-state index in [4.69, 9.17) is 11.6 Å². The van der Waals surface area contributed by atoms with Gasteiger partial charge in [0.25, 0.3) is 17.7 Å². The normalized spacial score (nSPS) is 29.0. The van der Waals surface area contributed by atoms with Gasteiger partial charge in [0.05, 0.1) is 0 Å². The Hall–Kier alpha value is -4.25. The van der Waals surface area contributed by atoms with E-state index in [-0.39, 0.29) is 6.42 Å². The van der Waals surface area contributed by atoms with Crippen molar-refractivity contribution in [2.45, 2.75) is 102 Å². The van der Waals surface area contributed by atoms with Gasteiger partial charge in [0.2, 0.25) is 17.7 Å². The van der Waals surface area contributed by atoms with Crippen LogP contribution in [0.1, 0.15) is 64.9 Å². The van der Waals surface area contributed by atoms with Crippen LogP contribution < -0.4 is 26.9 Å². The molecule has 52 heavy (non-hydrogen) atoms. The third kappa shape index (κ3) is 7.47. The van der Waals surface area contributed by atoms with Gasteiger partial charge >= 0.3 is 0 Å². The third-order valence-electron chi connectivity index (χ3n) is 10.6. The van der Waals surface area contributed by atoms with Crippen LogP contribution in [-0.2, 0) is 35.2 Å². The zero-order valence-corrected chi connectivity index (χ0v) is 30.8. The smallest absolute Gasteiger partial charge is 0.261 e. The Kier molecular flexibility index (Phi) is 11.4. The lowest BCUT2D eigenvalue weighted by molar-refractivity contribution is -0.164. The number of nitrogens with zero attached hydrogens (tertiary/aromatic N) is 4. The topological polar surface area (TPSA) is 191 Å². The van der Waals surface area contributed by atoms with E-state index in [0.717, 1.165) is 16.5 Å². The maximum absolute atomic E-state index is 14.4. The first-order valence-electron chi connectivity index (χ1n) is 18.2. The average Bonchev–Trinajstić information content (AvgIpc) is 3.55. The van der Waals surface area contributed by atoms with Gasteiger partial charge in [-0.05, 0) is 69.1 Å². The van der Waals surface area contributed by atoms with Gasteiger partial charge in [-0.1, -0.05) is 31.5 Å². The number of amides is 6. The molecule has 4 fully saturated rings. The first kappa shape index (κ1) is 37.5. The summed E-state index contributed by atoms with van der Waals surface area (Å²) in [7, 11) is 1.51. The van der Waals surface area contributed by atoms with Crippen LogP contribution in [0, 0.1) is 5.92 Å². The van der Waals surface area contributed by atoms with Crippen LogP contribution in [0.25, 0.3) is 10.9 Å². The molecule has 282 valence electrons. The van der Waals surface area contributed by atoms with Gasteiger partial charge in [-0.3, -0.25) is 43.8 Å². The van der Waals surface area contributed by atoms with Crippen LogP contribution in [0.3, 0.4) is 0 Å². The lowest BCUT2D eigenvalue weighted by atomic mass is 9.98. The number of halogens is 1. The van der Waals surface area contributed by atoms with E-state index in [1.165, 1.54) is 27.0 Å². The molecule has 1 aromatic heterocycles. The fourth-order valence-electron chi connectivity index (χ4n) is 7.51. The second kappa shape index (κ2) is 15.8. The lowest BCUT2D eigenvalue weighted by Crippen LogP contribution is -2.69. The number of H-pyrrole nitrogens is 1. The summed E-state index contributed by atoms with van der Waals surface area (Å²) >= 11 is 6.22. The van der Waals surface area contributed by atoms with Gasteiger partial charge in [-0.2, -0.15) is 0 Å². The minimum Gasteiger partial charge on any atom is -0.361 e. The van der Waals surface area contributed by atoms with Crippen LogP contribution in [0.4, 0.5) is 0 Å². The fraction of sp³-hybridized carbons (Fsp3) is 0.600. The number of hydrazine groups is 3. The first-order chi connectivity index (χ1) is 24.9. The SMILES string of the molecule is CC(C)C1NC(=O)C(Cc2c[nH]c3cc(Cl)ccc23)NC(=O)C2CCCNN2C(=O)C(C)N(C)C(=O)C2CCCNN2C(=O)C2CCCNN2C1=O. The van der Waals surface area contributed by atoms with E-state index in [9.17, 15) is 28.8 Å². The highest BCUT2D eigenvalue weighted by molar-refractivity contribution is 6.31. The Labute approximate surface area is 307 Å². The number of carbonyl (C=O) groups excluding carboxylic acids is 6. The van der Waals surface area contributed by atoms with Crippen LogP contribution >= 0.6 is 11.6 Å². The Balaban J connectivity index is 1.40. The van der Waals surface area contributed by atoms with Gasteiger partial charge in [-0.25, -0.2) is 16.3 Å². The number of likely N-dealkylation sites (N-methyl/N-ethyl adjacent to an activating group) is 1. The van der Waals surface area contributed by atoms with Crippen molar-refractivity contribution in [3.05, 3.63) is 35.0 Å². The van der Waals surface area contributed by atoms with E-state index in [1.54, 1.807) is 39.1 Å². The number of fused-ring (bicyclic) bond motifs is 4. The molecule has 4 aliphatic heterocycles. The predicted octanol–water partition coefficient (Wildman–Crippen LogP) is 0.337. The van der Waals surface area contributed by atoms with Crippen molar-refractivity contribution in [2.24, 2.45) is 5.92 Å². The largest absolute Gasteiger partial charge is 0.361 e. The Morgan fingerprint density at radius 2 is 1.33 bits per heavy atom. The number of carbonyl (C=O) groups is 6. The summed E-state index contributed by atoms with van der Waals surface area (Å²) in [4.78, 5) is 89.8. The van der Waals surface area contributed by atoms with Gasteiger partial charge in [0.1, 0.15) is 36.3 Å². The molecule has 0 radical (unpaired) electrons. The van der Waals surface area contributed by atoms with E-state index >= 15 is 0 Å². The first-order valence-corrected chi connectivity index (χ1v) is 18.6. The van der Waals surface area contributed by atoms with E-state index in [1.807, 2.05) is 6.07 Å². The molecule has 0 saturated carbocycles. The lowest BCUT2D eigenvalue weighted by Gasteiger charge is -2.44. The quantitative estimate of drug-likeness (QED) is 0.258. The van der Waals surface area contributed by atoms with Crippen molar-refractivity contribution in [1.82, 2.24) is 51.8 Å². The van der Waals surface area contributed by atoms with Gasteiger partial charge in [0, 0.05) is 55.2 Å². The predicted molar refractivity (Wildman–Crippen MR) is 192 cm³/mol. The highest BCUT2D eigenvalue weighted by Gasteiger charge is 2.45. The van der Waals surface area contributed by atoms with Gasteiger partial charge in [0.15, 0.2) is 0 Å². The van der Waals surface area contributed by atoms with Crippen molar-refractivity contribution in [3.8, 4) is 0 Å². The summed E-state index contributed by atoms with van der Waals surface area (Å²) in [6, 6.07) is -0.754. The molecule has 6 unspecified atom stereocenters. The zero-order chi connectivity index (χ0) is 37.3. The Bertz CT molecular complexity index is 1720. The van der Waals surface area contributed by atoms with Crippen LogP contribution in [0.2, 0.25) is 5.02 Å². The monoisotopic (exact) mass is 740 g/mol. The highest BCUT2D eigenvalue weighted by atomic mass is 35.5. The number of aromatic amines is 1. The molecule has 16 nitrogen and oxygen atoms in total. The van der Waals surface area contributed by atoms with Crippen molar-refractivity contribution < 1.29 is 28.8 Å². The minimum absolute atomic E-state index is 0.0606. The van der Waals surface area contributed by atoms with E-state index in [0.29, 0.717) is 63.2 Å². The van der Waals surface area contributed by atoms with Crippen LogP contribution in [-0.4, -0.2) is 123 Å². The van der Waals surface area contributed by atoms with Crippen molar-refractivity contribution in [3.63, 3.8) is 0 Å². The summed E-state index contributed by atoms with van der Waals surface area (Å²) in [6.07, 6.45) is 4.63. The molecule has 6 atom stereocenters. The van der Waals surface area contributed by atoms with Gasteiger partial charge in [-0.15, -0.1) is 0 Å². The number of benzene rings is 1. The number of nitrogens with one attached hydrogen (secondary N) is 6. The minimum atomic E-state index is -1.15. The van der Waals surface area contributed by atoms with Crippen molar-refractivity contribution >= 4 is 57.9 Å². The molecule has 0 aliphatic carbocycles. The number of hydrogen-bond acceptors (Lipinski definition) is 9. The Morgan fingerprint density at radius 1 is 0.750 bits per heavy atom. The fourth-order valence-corrected chi connectivity index (χ4v) is 7.68. The summed E-state index contributed by atoms with van der Waals surface area (Å²) in [5, 5.41) is 11.0. The molecule has 2 aromatic rings. The molecule has 5 heterocycles. The molecule has 0 bridgehead atoms. The molecule has 6 rings (SSSR count). The molecular weight excluding hydrogens is 692 g/mol. The molecular formula is C35H49ClN10O6. The summed E-state index contributed by atoms with van der Waals surface area (Å²) in [5.41, 5.74) is 10.7. The molecule has 6 N–H and O–H groups in total. The molecule has 0 spiro atoms. The number of hydrogen-bond donors (Lipinski definition) is 6. The third-order valence-corrected chi connectivity index (χ3v) is 10.9. The van der Waals surface area contributed by atoms with E-state index in [2.05, 4.69) is 31.9 Å². The van der Waals surface area contributed by atoms with Crippen molar-refractivity contribution in [2.75, 3.05) is 26.7 Å². The maximum Gasteiger partial charge on any atom is 0.261 e. The second-order valence-electron chi connectivity index (χ2n) is 14.4. The summed E-state index contributed by atoms with van der Waals surface area (Å²) < 4.78 is 0. The number of aromatic nitrogens is 1. The highest BCUT2D eigenvalue weighted by Crippen LogP contribution is 2.25. The average molecular weight is 741 g/mol. The maximum atomic E-state index is 14.4. The summed E-state index contributed by atoms with van der Waals surface area (Å²) in [5.74, 6) is -3.44. The number of rotatable bonds is 3. The molecule has 17 heteroatoms. The summed E-state index contributed by atoms with van der Waals surface area (Å²) in [6.45, 7) is 6.49. The molecule has 6 amide bonds. The molecule has 4 aliphatic rings. The van der Waals surface area contributed by atoms with Crippen LogP contribution in [0.5, 0.6) is 0 Å². The van der Waals surface area contributed by atoms with Gasteiger partial charge < -0.3 is 20.5 Å². The Morgan fingerprint density at radius 3 is 1.96 bits per heavy atom.